The van der Waals surface area contributed by atoms with Crippen molar-refractivity contribution in [1.82, 2.24) is 5.43 Å². The van der Waals surface area contributed by atoms with Crippen molar-refractivity contribution in [1.29, 1.82) is 0 Å². The fourth-order valence-corrected chi connectivity index (χ4v) is 3.73. The molecule has 2 amide bonds. The molecule has 0 saturated heterocycles. The summed E-state index contributed by atoms with van der Waals surface area (Å²) in [7, 11) is 0. The minimum Gasteiger partial charge on any atom is -0.326 e. The minimum absolute atomic E-state index is 0.00861. The van der Waals surface area contributed by atoms with Gasteiger partial charge in [-0.15, -0.1) is 0 Å². The third-order valence-corrected chi connectivity index (χ3v) is 5.34. The van der Waals surface area contributed by atoms with E-state index in [4.69, 9.17) is 0 Å². The van der Waals surface area contributed by atoms with Crippen LogP contribution in [-0.4, -0.2) is 11.8 Å². The lowest BCUT2D eigenvalue weighted by Crippen LogP contribution is -2.42. The van der Waals surface area contributed by atoms with Gasteiger partial charge in [0.05, 0.1) is 12.2 Å². The van der Waals surface area contributed by atoms with Gasteiger partial charge in [0.1, 0.15) is 0 Å². The number of carbonyl (C=O) groups is 2. The molecule has 0 aromatic heterocycles. The van der Waals surface area contributed by atoms with Gasteiger partial charge < -0.3 is 5.32 Å². The number of nitrogens with one attached hydrogen (secondary N) is 2. The van der Waals surface area contributed by atoms with E-state index in [1.807, 2.05) is 89.9 Å². The van der Waals surface area contributed by atoms with E-state index < -0.39 is 0 Å². The van der Waals surface area contributed by atoms with E-state index in [0.29, 0.717) is 25.8 Å². The summed E-state index contributed by atoms with van der Waals surface area (Å²) in [6.07, 6.45) is 1.47. The molecule has 0 spiro atoms. The fraction of sp³-hybridized carbons (Fsp3) is 0.200. The van der Waals surface area contributed by atoms with Gasteiger partial charge in [-0.1, -0.05) is 66.7 Å². The van der Waals surface area contributed by atoms with Gasteiger partial charge in [-0.2, -0.15) is 0 Å². The summed E-state index contributed by atoms with van der Waals surface area (Å²) < 4.78 is 0. The van der Waals surface area contributed by atoms with E-state index in [1.54, 1.807) is 0 Å². The van der Waals surface area contributed by atoms with Crippen molar-refractivity contribution >= 4 is 23.2 Å². The van der Waals surface area contributed by atoms with Crippen LogP contribution in [0.3, 0.4) is 0 Å². The maximum absolute atomic E-state index is 12.7. The van der Waals surface area contributed by atoms with Crippen LogP contribution in [0, 0.1) is 5.92 Å². The molecule has 1 aliphatic rings. The summed E-state index contributed by atoms with van der Waals surface area (Å²) in [6, 6.07) is 27.6. The Hall–Kier alpha value is -3.60. The number of amides is 2. The first-order valence-electron chi connectivity index (χ1n) is 10.2. The van der Waals surface area contributed by atoms with E-state index in [9.17, 15) is 9.59 Å². The number of fused-ring (bicyclic) bond motifs is 1. The third-order valence-electron chi connectivity index (χ3n) is 5.34. The summed E-state index contributed by atoms with van der Waals surface area (Å²) >= 11 is 0. The average molecular weight is 399 g/mol. The van der Waals surface area contributed by atoms with Gasteiger partial charge in [-0.3, -0.25) is 20.0 Å². The maximum atomic E-state index is 12.7. The molecule has 1 aliphatic heterocycles. The molecule has 3 aromatic carbocycles. The number of hydrogen-bond acceptors (Lipinski definition) is 3. The first-order chi connectivity index (χ1) is 14.7. The Morgan fingerprint density at radius 3 is 2.37 bits per heavy atom. The summed E-state index contributed by atoms with van der Waals surface area (Å²) in [5, 5.41) is 4.81. The Kier molecular flexibility index (Phi) is 6.09. The predicted molar refractivity (Wildman–Crippen MR) is 119 cm³/mol. The largest absolute Gasteiger partial charge is 0.326 e. The molecular weight excluding hydrogens is 374 g/mol. The second kappa shape index (κ2) is 9.27. The number of nitrogens with zero attached hydrogens (tertiary/aromatic N) is 1. The molecule has 0 fully saturated rings. The molecule has 0 saturated carbocycles. The molecule has 0 radical (unpaired) electrons. The molecule has 1 heterocycles. The van der Waals surface area contributed by atoms with Crippen molar-refractivity contribution < 1.29 is 9.59 Å². The molecule has 0 bridgehead atoms. The van der Waals surface area contributed by atoms with Crippen molar-refractivity contribution in [2.24, 2.45) is 5.92 Å². The molecule has 1 unspecified atom stereocenters. The normalized spacial score (nSPS) is 15.1. The van der Waals surface area contributed by atoms with Gasteiger partial charge in [0.25, 0.3) is 0 Å². The summed E-state index contributed by atoms with van der Waals surface area (Å²) in [5.74, 6) is -0.294. The molecule has 30 heavy (non-hydrogen) atoms. The first kappa shape index (κ1) is 19.7. The molecule has 0 aliphatic carbocycles. The minimum atomic E-state index is -0.190. The quantitative estimate of drug-likeness (QED) is 0.582. The van der Waals surface area contributed by atoms with Gasteiger partial charge in [0.15, 0.2) is 0 Å². The summed E-state index contributed by atoms with van der Waals surface area (Å²) in [5.41, 5.74) is 7.03. The van der Waals surface area contributed by atoms with Crippen molar-refractivity contribution in [3.63, 3.8) is 0 Å². The second-order valence-electron chi connectivity index (χ2n) is 7.53. The van der Waals surface area contributed by atoms with Crippen LogP contribution in [-0.2, 0) is 22.6 Å². The molecule has 152 valence electrons. The molecule has 3 aromatic rings. The van der Waals surface area contributed by atoms with Crippen LogP contribution in [0.2, 0.25) is 0 Å². The smallest absolute Gasteiger partial charge is 0.238 e. The van der Waals surface area contributed by atoms with Crippen LogP contribution in [0.4, 0.5) is 11.4 Å². The van der Waals surface area contributed by atoms with Crippen molar-refractivity contribution in [3.8, 4) is 0 Å². The standard InChI is InChI=1S/C25H25N3O2/c29-24(16-15-21-17-20-11-7-8-14-23(20)26-25(21)30)27-28(22-12-5-2-6-13-22)18-19-9-3-1-4-10-19/h1-14,21H,15-18H2,(H,26,30)(H,27,29). The number of hydrazine groups is 1. The number of rotatable bonds is 7. The fourth-order valence-electron chi connectivity index (χ4n) is 3.73. The Balaban J connectivity index is 1.39. The van der Waals surface area contributed by atoms with Crippen molar-refractivity contribution in [2.45, 2.75) is 25.8 Å². The zero-order valence-electron chi connectivity index (χ0n) is 16.8. The van der Waals surface area contributed by atoms with Crippen LogP contribution in [0.25, 0.3) is 0 Å². The van der Waals surface area contributed by atoms with Crippen molar-refractivity contribution in [2.75, 3.05) is 10.3 Å². The molecule has 5 heteroatoms. The molecule has 2 N–H and O–H groups in total. The summed E-state index contributed by atoms with van der Waals surface area (Å²) in [6.45, 7) is 0.563. The number of anilines is 2. The number of benzene rings is 3. The topological polar surface area (TPSA) is 61.4 Å². The highest BCUT2D eigenvalue weighted by Crippen LogP contribution is 2.27. The van der Waals surface area contributed by atoms with E-state index in [2.05, 4.69) is 10.7 Å². The van der Waals surface area contributed by atoms with Crippen LogP contribution >= 0.6 is 0 Å². The predicted octanol–water partition coefficient (Wildman–Crippen LogP) is 4.32. The monoisotopic (exact) mass is 399 g/mol. The van der Waals surface area contributed by atoms with E-state index in [1.165, 1.54) is 0 Å². The van der Waals surface area contributed by atoms with Gasteiger partial charge in [0, 0.05) is 18.0 Å². The lowest BCUT2D eigenvalue weighted by molar-refractivity contribution is -0.123. The zero-order chi connectivity index (χ0) is 20.8. The van der Waals surface area contributed by atoms with Crippen LogP contribution in [0.15, 0.2) is 84.9 Å². The first-order valence-corrected chi connectivity index (χ1v) is 10.2. The Morgan fingerprint density at radius 1 is 0.933 bits per heavy atom. The zero-order valence-corrected chi connectivity index (χ0v) is 16.8. The van der Waals surface area contributed by atoms with Crippen LogP contribution < -0.4 is 15.8 Å². The van der Waals surface area contributed by atoms with Gasteiger partial charge in [0.2, 0.25) is 11.8 Å². The van der Waals surface area contributed by atoms with E-state index in [0.717, 1.165) is 22.5 Å². The van der Waals surface area contributed by atoms with Crippen LogP contribution in [0.1, 0.15) is 24.0 Å². The number of carbonyl (C=O) groups excluding carboxylic acids is 2. The van der Waals surface area contributed by atoms with Crippen LogP contribution in [0.5, 0.6) is 0 Å². The Bertz CT molecular complexity index is 1010. The Labute approximate surface area is 176 Å². The highest BCUT2D eigenvalue weighted by Gasteiger charge is 2.26. The van der Waals surface area contributed by atoms with E-state index >= 15 is 0 Å². The van der Waals surface area contributed by atoms with Gasteiger partial charge in [-0.05, 0) is 42.2 Å². The third kappa shape index (κ3) is 4.87. The van der Waals surface area contributed by atoms with Crippen molar-refractivity contribution in [3.05, 3.63) is 96.1 Å². The van der Waals surface area contributed by atoms with Gasteiger partial charge >= 0.3 is 0 Å². The lowest BCUT2D eigenvalue weighted by Gasteiger charge is -2.27. The summed E-state index contributed by atoms with van der Waals surface area (Å²) in [4.78, 5) is 25.1. The maximum Gasteiger partial charge on any atom is 0.238 e. The number of hydrogen-bond donors (Lipinski definition) is 2. The molecule has 1 atom stereocenters. The number of para-hydroxylation sites is 2. The van der Waals surface area contributed by atoms with E-state index in [-0.39, 0.29) is 17.7 Å². The second-order valence-corrected chi connectivity index (χ2v) is 7.53. The van der Waals surface area contributed by atoms with Gasteiger partial charge in [-0.25, -0.2) is 0 Å². The molecule has 5 nitrogen and oxygen atoms in total. The molecular formula is C25H25N3O2. The highest BCUT2D eigenvalue weighted by atomic mass is 16.2. The lowest BCUT2D eigenvalue weighted by atomic mass is 9.89. The highest BCUT2D eigenvalue weighted by molar-refractivity contribution is 5.96. The average Bonchev–Trinajstić information content (AvgIpc) is 2.78. The SMILES string of the molecule is O=C(CCC1Cc2ccccc2NC1=O)NN(Cc1ccccc1)c1ccccc1. The Morgan fingerprint density at radius 2 is 1.60 bits per heavy atom. The molecule has 4 rings (SSSR count).